The van der Waals surface area contributed by atoms with Crippen LogP contribution in [-0.2, 0) is 14.8 Å². The highest BCUT2D eigenvalue weighted by Gasteiger charge is 2.25. The van der Waals surface area contributed by atoms with Gasteiger partial charge in [0.05, 0.1) is 4.90 Å². The van der Waals surface area contributed by atoms with E-state index in [9.17, 15) is 13.2 Å². The number of carbonyl (C=O) groups is 1. The number of likely N-dealkylation sites (tertiary alicyclic amines) is 1. The van der Waals surface area contributed by atoms with Gasteiger partial charge in [0.2, 0.25) is 15.9 Å². The molecule has 5 nitrogen and oxygen atoms in total. The molecule has 0 spiro atoms. The Kier molecular flexibility index (Phi) is 4.21. The van der Waals surface area contributed by atoms with E-state index in [0.717, 1.165) is 0 Å². The Morgan fingerprint density at radius 1 is 1.21 bits per heavy atom. The number of rotatable bonds is 3. The first-order valence-corrected chi connectivity index (χ1v) is 7.80. The van der Waals surface area contributed by atoms with Gasteiger partial charge in [-0.2, -0.15) is 0 Å². The molecule has 1 amide bonds. The number of nitrogens with one attached hydrogen (secondary N) is 1. The summed E-state index contributed by atoms with van der Waals surface area (Å²) in [4.78, 5) is 13.2. The molecule has 104 valence electrons. The molecule has 19 heavy (non-hydrogen) atoms. The highest BCUT2D eigenvalue weighted by Crippen LogP contribution is 2.14. The normalized spacial score (nSPS) is 17.4. The van der Waals surface area contributed by atoms with Gasteiger partial charge in [-0.3, -0.25) is 4.79 Å². The molecule has 0 saturated carbocycles. The summed E-state index contributed by atoms with van der Waals surface area (Å²) in [6.07, 6.45) is 1.32. The second-order valence-corrected chi connectivity index (χ2v) is 6.43. The standard InChI is InChI=1S/C13H18N2O3S/c1-11(16)15-9-7-12(8-10-15)14-19(17,18)13-5-3-2-4-6-13/h2-6,12,14H,7-10H2,1H3. The molecular formula is C13H18N2O3S. The van der Waals surface area contributed by atoms with Crippen molar-refractivity contribution in [2.24, 2.45) is 0 Å². The number of hydrogen-bond donors (Lipinski definition) is 1. The first-order chi connectivity index (χ1) is 8.99. The number of benzene rings is 1. The zero-order chi connectivity index (χ0) is 13.9. The zero-order valence-corrected chi connectivity index (χ0v) is 11.7. The van der Waals surface area contributed by atoms with Crippen LogP contribution in [0.1, 0.15) is 19.8 Å². The molecule has 0 aromatic heterocycles. The first kappa shape index (κ1) is 14.0. The van der Waals surface area contributed by atoms with Gasteiger partial charge in [0.25, 0.3) is 0 Å². The maximum Gasteiger partial charge on any atom is 0.240 e. The van der Waals surface area contributed by atoms with Gasteiger partial charge in [-0.1, -0.05) is 18.2 Å². The zero-order valence-electron chi connectivity index (χ0n) is 10.9. The van der Waals surface area contributed by atoms with Crippen LogP contribution in [0, 0.1) is 0 Å². The summed E-state index contributed by atoms with van der Waals surface area (Å²) in [6, 6.07) is 8.24. The monoisotopic (exact) mass is 282 g/mol. The molecule has 1 heterocycles. The molecule has 0 radical (unpaired) electrons. The summed E-state index contributed by atoms with van der Waals surface area (Å²) >= 11 is 0. The van der Waals surface area contributed by atoms with E-state index in [1.807, 2.05) is 0 Å². The predicted octanol–water partition coefficient (Wildman–Crippen LogP) is 0.976. The topological polar surface area (TPSA) is 66.5 Å². The molecule has 1 aliphatic rings. The van der Waals surface area contributed by atoms with Crippen LogP contribution in [-0.4, -0.2) is 38.4 Å². The number of nitrogens with zero attached hydrogens (tertiary/aromatic N) is 1. The van der Waals surface area contributed by atoms with Gasteiger partial charge >= 0.3 is 0 Å². The third-order valence-electron chi connectivity index (χ3n) is 3.32. The average molecular weight is 282 g/mol. The van der Waals surface area contributed by atoms with Crippen LogP contribution in [0.2, 0.25) is 0 Å². The molecule has 0 bridgehead atoms. The van der Waals surface area contributed by atoms with Crippen LogP contribution < -0.4 is 4.72 Å². The van der Waals surface area contributed by atoms with E-state index in [0.29, 0.717) is 25.9 Å². The lowest BCUT2D eigenvalue weighted by Crippen LogP contribution is -2.45. The van der Waals surface area contributed by atoms with Gasteiger partial charge in [-0.25, -0.2) is 13.1 Å². The lowest BCUT2D eigenvalue weighted by Gasteiger charge is -2.31. The van der Waals surface area contributed by atoms with Crippen LogP contribution in [0.5, 0.6) is 0 Å². The third kappa shape index (κ3) is 3.54. The fourth-order valence-electron chi connectivity index (χ4n) is 2.20. The molecule has 0 atom stereocenters. The number of hydrogen-bond acceptors (Lipinski definition) is 3. The quantitative estimate of drug-likeness (QED) is 0.898. The summed E-state index contributed by atoms with van der Waals surface area (Å²) < 4.78 is 27.0. The minimum atomic E-state index is -3.45. The maximum absolute atomic E-state index is 12.1. The summed E-state index contributed by atoms with van der Waals surface area (Å²) in [5, 5.41) is 0. The van der Waals surface area contributed by atoms with Gasteiger partial charge < -0.3 is 4.90 Å². The molecular weight excluding hydrogens is 264 g/mol. The summed E-state index contributed by atoms with van der Waals surface area (Å²) in [5.74, 6) is 0.0457. The molecule has 1 aromatic carbocycles. The highest BCUT2D eigenvalue weighted by molar-refractivity contribution is 7.89. The second-order valence-electron chi connectivity index (χ2n) is 4.71. The Hall–Kier alpha value is -1.40. The highest BCUT2D eigenvalue weighted by atomic mass is 32.2. The molecule has 1 fully saturated rings. The second kappa shape index (κ2) is 5.71. The number of piperidine rings is 1. The van der Waals surface area contributed by atoms with Gasteiger partial charge in [0, 0.05) is 26.1 Å². The van der Waals surface area contributed by atoms with Crippen molar-refractivity contribution >= 4 is 15.9 Å². The van der Waals surface area contributed by atoms with E-state index in [1.54, 1.807) is 35.2 Å². The minimum absolute atomic E-state index is 0.0457. The van der Waals surface area contributed by atoms with Crippen molar-refractivity contribution in [2.45, 2.75) is 30.7 Å². The Bertz CT molecular complexity index is 534. The van der Waals surface area contributed by atoms with Gasteiger partial charge in [0.15, 0.2) is 0 Å². The molecule has 6 heteroatoms. The largest absolute Gasteiger partial charge is 0.343 e. The Morgan fingerprint density at radius 3 is 2.32 bits per heavy atom. The SMILES string of the molecule is CC(=O)N1CCC(NS(=O)(=O)c2ccccc2)CC1. The summed E-state index contributed by atoms with van der Waals surface area (Å²) in [7, 11) is -3.45. The number of carbonyl (C=O) groups excluding carboxylic acids is 1. The van der Waals surface area contributed by atoms with Crippen LogP contribution in [0.4, 0.5) is 0 Å². The summed E-state index contributed by atoms with van der Waals surface area (Å²) in [5.41, 5.74) is 0. The molecule has 1 N–H and O–H groups in total. The molecule has 0 unspecified atom stereocenters. The Morgan fingerprint density at radius 2 is 1.79 bits per heavy atom. The van der Waals surface area contributed by atoms with E-state index in [1.165, 1.54) is 6.92 Å². The lowest BCUT2D eigenvalue weighted by molar-refractivity contribution is -0.129. The van der Waals surface area contributed by atoms with Crippen molar-refractivity contribution in [3.63, 3.8) is 0 Å². The molecule has 1 aliphatic heterocycles. The van der Waals surface area contributed by atoms with Crippen molar-refractivity contribution in [1.82, 2.24) is 9.62 Å². The number of amides is 1. The third-order valence-corrected chi connectivity index (χ3v) is 4.85. The van der Waals surface area contributed by atoms with Crippen molar-refractivity contribution < 1.29 is 13.2 Å². The Labute approximate surface area is 113 Å². The van der Waals surface area contributed by atoms with Crippen LogP contribution in [0.15, 0.2) is 35.2 Å². The maximum atomic E-state index is 12.1. The molecule has 1 saturated heterocycles. The lowest BCUT2D eigenvalue weighted by atomic mass is 10.1. The fourth-order valence-corrected chi connectivity index (χ4v) is 3.53. The fraction of sp³-hybridized carbons (Fsp3) is 0.462. The first-order valence-electron chi connectivity index (χ1n) is 6.32. The molecule has 1 aromatic rings. The van der Waals surface area contributed by atoms with Crippen molar-refractivity contribution in [1.29, 1.82) is 0 Å². The van der Waals surface area contributed by atoms with Crippen molar-refractivity contribution in [3.8, 4) is 0 Å². The Balaban J connectivity index is 1.98. The van der Waals surface area contributed by atoms with Crippen LogP contribution >= 0.6 is 0 Å². The van der Waals surface area contributed by atoms with E-state index < -0.39 is 10.0 Å². The summed E-state index contributed by atoms with van der Waals surface area (Å²) in [6.45, 7) is 2.75. The van der Waals surface area contributed by atoms with E-state index in [2.05, 4.69) is 4.72 Å². The van der Waals surface area contributed by atoms with Crippen LogP contribution in [0.25, 0.3) is 0 Å². The van der Waals surface area contributed by atoms with Gasteiger partial charge in [0.1, 0.15) is 0 Å². The minimum Gasteiger partial charge on any atom is -0.343 e. The molecule has 2 rings (SSSR count). The molecule has 0 aliphatic carbocycles. The van der Waals surface area contributed by atoms with Crippen molar-refractivity contribution in [3.05, 3.63) is 30.3 Å². The van der Waals surface area contributed by atoms with Crippen molar-refractivity contribution in [2.75, 3.05) is 13.1 Å². The van der Waals surface area contributed by atoms with E-state index >= 15 is 0 Å². The van der Waals surface area contributed by atoms with Gasteiger partial charge in [-0.05, 0) is 25.0 Å². The predicted molar refractivity (Wildman–Crippen MR) is 72.0 cm³/mol. The van der Waals surface area contributed by atoms with E-state index in [4.69, 9.17) is 0 Å². The van der Waals surface area contributed by atoms with E-state index in [-0.39, 0.29) is 16.8 Å². The number of sulfonamides is 1. The average Bonchev–Trinajstić information content (AvgIpc) is 2.40. The smallest absolute Gasteiger partial charge is 0.240 e. The van der Waals surface area contributed by atoms with Crippen LogP contribution in [0.3, 0.4) is 0 Å². The van der Waals surface area contributed by atoms with Gasteiger partial charge in [-0.15, -0.1) is 0 Å².